The summed E-state index contributed by atoms with van der Waals surface area (Å²) in [7, 11) is 0. The lowest BCUT2D eigenvalue weighted by Gasteiger charge is -2.14. The van der Waals surface area contributed by atoms with E-state index in [-0.39, 0.29) is 6.04 Å². The number of fused-ring (bicyclic) bond motifs is 1. The Hall–Kier alpha value is -3.68. The van der Waals surface area contributed by atoms with Crippen LogP contribution in [0.3, 0.4) is 0 Å². The molecule has 0 amide bonds. The number of nitrogens with two attached hydrogens (primary N) is 1. The van der Waals surface area contributed by atoms with Crippen molar-refractivity contribution in [1.82, 2.24) is 0 Å². The minimum Gasteiger partial charge on any atom is -0.320 e. The van der Waals surface area contributed by atoms with Gasteiger partial charge in [0.1, 0.15) is 0 Å². The Morgan fingerprint density at radius 3 is 2.09 bits per heavy atom. The van der Waals surface area contributed by atoms with Crippen molar-refractivity contribution >= 4 is 11.6 Å². The van der Waals surface area contributed by atoms with Crippen LogP contribution in [0.2, 0.25) is 0 Å². The van der Waals surface area contributed by atoms with Crippen molar-refractivity contribution < 1.29 is 0 Å². The molecule has 0 bridgehead atoms. The van der Waals surface area contributed by atoms with E-state index in [0.717, 1.165) is 46.3 Å². The summed E-state index contributed by atoms with van der Waals surface area (Å²) in [5.41, 5.74) is 16.9. The number of hydrogen-bond acceptors (Lipinski definition) is 1. The highest BCUT2D eigenvalue weighted by atomic mass is 14.7. The molecule has 0 radical (unpaired) electrons. The highest BCUT2D eigenvalue weighted by Gasteiger charge is 2.30. The summed E-state index contributed by atoms with van der Waals surface area (Å²) in [6.07, 6.45) is 11.8. The second-order valence-corrected chi connectivity index (χ2v) is 7.39. The molecule has 1 unspecified atom stereocenters. The van der Waals surface area contributed by atoms with E-state index in [9.17, 15) is 0 Å². The Balaban J connectivity index is 0.00000179. The summed E-state index contributed by atoms with van der Waals surface area (Å²) in [5, 5.41) is 0. The van der Waals surface area contributed by atoms with E-state index in [1.165, 1.54) is 16.7 Å². The minimum absolute atomic E-state index is 0.164. The van der Waals surface area contributed by atoms with E-state index in [4.69, 9.17) is 5.73 Å². The Bertz CT molecular complexity index is 1080. The Labute approximate surface area is 214 Å². The number of rotatable bonds is 7. The molecule has 0 aromatic heterocycles. The number of allylic oxidation sites excluding steroid dienone is 5. The van der Waals surface area contributed by atoms with Crippen molar-refractivity contribution in [1.29, 1.82) is 0 Å². The normalized spacial score (nSPS) is 15.3. The van der Waals surface area contributed by atoms with Crippen LogP contribution >= 0.6 is 0 Å². The fourth-order valence-corrected chi connectivity index (χ4v) is 3.89. The number of aryl methyl sites for hydroxylation is 1. The summed E-state index contributed by atoms with van der Waals surface area (Å²) < 4.78 is 0. The third kappa shape index (κ3) is 7.67. The second kappa shape index (κ2) is 16.9. The molecule has 0 saturated heterocycles. The van der Waals surface area contributed by atoms with Gasteiger partial charge < -0.3 is 5.73 Å². The molecule has 1 atom stereocenters. The van der Waals surface area contributed by atoms with Gasteiger partial charge in [0.05, 0.1) is 6.04 Å². The quantitative estimate of drug-likeness (QED) is 0.246. The topological polar surface area (TPSA) is 26.0 Å². The van der Waals surface area contributed by atoms with Gasteiger partial charge >= 0.3 is 0 Å². The van der Waals surface area contributed by atoms with Gasteiger partial charge in [0, 0.05) is 0 Å². The van der Waals surface area contributed by atoms with E-state index >= 15 is 0 Å². The van der Waals surface area contributed by atoms with Crippen molar-refractivity contribution in [3.05, 3.63) is 147 Å². The first kappa shape index (κ1) is 31.3. The van der Waals surface area contributed by atoms with Gasteiger partial charge in [0.25, 0.3) is 0 Å². The molecule has 3 rings (SSSR count). The van der Waals surface area contributed by atoms with Crippen LogP contribution in [-0.2, 0) is 0 Å². The maximum absolute atomic E-state index is 6.70. The van der Waals surface area contributed by atoms with Gasteiger partial charge in [-0.25, -0.2) is 0 Å². The molecule has 1 aliphatic rings. The predicted molar refractivity (Wildman–Crippen MR) is 162 cm³/mol. The van der Waals surface area contributed by atoms with Crippen molar-refractivity contribution in [2.75, 3.05) is 0 Å². The third-order valence-electron chi connectivity index (χ3n) is 5.48. The van der Waals surface area contributed by atoms with Gasteiger partial charge in [-0.05, 0) is 88.1 Å². The highest BCUT2D eigenvalue weighted by molar-refractivity contribution is 5.93. The van der Waals surface area contributed by atoms with Gasteiger partial charge in [-0.1, -0.05) is 82.2 Å². The van der Waals surface area contributed by atoms with E-state index in [1.54, 1.807) is 6.08 Å². The molecule has 2 aromatic carbocycles. The van der Waals surface area contributed by atoms with E-state index in [2.05, 4.69) is 108 Å². The molecular weight excluding hydrogens is 422 g/mol. The monoisotopic (exact) mass is 465 g/mol. The van der Waals surface area contributed by atoms with Crippen molar-refractivity contribution in [3.63, 3.8) is 0 Å². The van der Waals surface area contributed by atoms with Gasteiger partial charge in [-0.3, -0.25) is 0 Å². The average molecular weight is 466 g/mol. The lowest BCUT2D eigenvalue weighted by Crippen LogP contribution is -2.08. The lowest BCUT2D eigenvalue weighted by molar-refractivity contribution is 0.886. The second-order valence-electron chi connectivity index (χ2n) is 7.39. The Morgan fingerprint density at radius 2 is 1.54 bits per heavy atom. The van der Waals surface area contributed by atoms with Crippen LogP contribution in [0, 0.1) is 6.92 Å². The zero-order valence-corrected chi connectivity index (χ0v) is 22.1. The third-order valence-corrected chi connectivity index (χ3v) is 5.48. The summed E-state index contributed by atoms with van der Waals surface area (Å²) in [4.78, 5) is 0. The maximum Gasteiger partial charge on any atom is 0.0560 e. The van der Waals surface area contributed by atoms with Crippen molar-refractivity contribution in [2.24, 2.45) is 5.73 Å². The molecule has 0 fully saturated rings. The Kier molecular flexibility index (Phi) is 15.1. The lowest BCUT2D eigenvalue weighted by atomic mass is 9.91. The van der Waals surface area contributed by atoms with Crippen molar-refractivity contribution in [3.8, 4) is 11.1 Å². The first-order valence-electron chi connectivity index (χ1n) is 12.0. The molecule has 2 aromatic rings. The van der Waals surface area contributed by atoms with Crippen LogP contribution < -0.4 is 5.73 Å². The summed E-state index contributed by atoms with van der Waals surface area (Å²) >= 11 is 0. The van der Waals surface area contributed by atoms with Crippen LogP contribution in [0.25, 0.3) is 22.8 Å². The fourth-order valence-electron chi connectivity index (χ4n) is 3.89. The summed E-state index contributed by atoms with van der Waals surface area (Å²) in [6, 6.07) is 12.7. The van der Waals surface area contributed by atoms with Gasteiger partial charge in [-0.2, -0.15) is 0 Å². The van der Waals surface area contributed by atoms with E-state index in [0.29, 0.717) is 0 Å². The molecule has 2 N–H and O–H groups in total. The average Bonchev–Trinajstić information content (AvgIpc) is 3.16. The van der Waals surface area contributed by atoms with Crippen LogP contribution in [0.1, 0.15) is 55.0 Å². The molecule has 35 heavy (non-hydrogen) atoms. The first-order chi connectivity index (χ1) is 17.0. The zero-order chi connectivity index (χ0) is 27.0. The predicted octanol–water partition coefficient (Wildman–Crippen LogP) is 9.97. The Morgan fingerprint density at radius 1 is 0.914 bits per heavy atom. The summed E-state index contributed by atoms with van der Waals surface area (Å²) in [5.74, 6) is 0. The molecule has 0 saturated carbocycles. The standard InChI is InChI=1S/C28H29N.C2H6.2C2H4/c1-6-9-10-15-23-25(16-19(4)7-2)26-18-24(22-14-12-11-13-20(22)5)21(8-3)17-27(26)28(23)29;3*1-2/h6-8,11-18,28H,1-4,9-10,29H2,5H3;1-2H3;2*1-2H2/b23-15+,25-16+;;;. The molecule has 1 nitrogen and oxygen atoms in total. The van der Waals surface area contributed by atoms with Crippen molar-refractivity contribution in [2.45, 2.75) is 39.7 Å². The van der Waals surface area contributed by atoms with E-state index < -0.39 is 0 Å². The first-order valence-corrected chi connectivity index (χ1v) is 12.0. The SMILES string of the molecule is C=C.C=C.C=CCC/C=C1\C(=C/C(=C)C=C)c2cc(-c3ccccc3C)c(C=C)cc2C1N.CC. The van der Waals surface area contributed by atoms with E-state index in [1.807, 2.05) is 26.0 Å². The zero-order valence-electron chi connectivity index (χ0n) is 22.1. The van der Waals surface area contributed by atoms with Crippen LogP contribution in [-0.4, -0.2) is 0 Å². The van der Waals surface area contributed by atoms with Crippen LogP contribution in [0.5, 0.6) is 0 Å². The largest absolute Gasteiger partial charge is 0.320 e. The molecule has 184 valence electrons. The smallest absolute Gasteiger partial charge is 0.0560 e. The maximum atomic E-state index is 6.70. The summed E-state index contributed by atoms with van der Waals surface area (Å²) in [6.45, 7) is 34.0. The number of benzene rings is 2. The van der Waals surface area contributed by atoms with Gasteiger partial charge in [-0.15, -0.1) is 32.9 Å². The highest BCUT2D eigenvalue weighted by Crippen LogP contribution is 2.46. The van der Waals surface area contributed by atoms with Gasteiger partial charge in [0.15, 0.2) is 0 Å². The molecular formula is C34H43N. The molecule has 0 spiro atoms. The number of unbranched alkanes of at least 4 members (excludes halogenated alkanes) is 1. The molecule has 1 aliphatic carbocycles. The molecule has 1 heteroatoms. The van der Waals surface area contributed by atoms with Gasteiger partial charge in [0.2, 0.25) is 0 Å². The van der Waals surface area contributed by atoms with Crippen LogP contribution in [0.4, 0.5) is 0 Å². The molecule has 0 aliphatic heterocycles. The number of hydrogen-bond donors (Lipinski definition) is 1. The van der Waals surface area contributed by atoms with Crippen LogP contribution in [0.15, 0.2) is 124 Å². The molecule has 0 heterocycles. The minimum atomic E-state index is -0.164. The fraction of sp³-hybridized carbons (Fsp3) is 0.176.